The molecule has 0 aliphatic rings. The molecule has 2 rings (SSSR count). The maximum Gasteiger partial charge on any atom is 0.255 e. The monoisotopic (exact) mass is 269 g/mol. The van der Waals surface area contributed by atoms with Crippen LogP contribution in [0.25, 0.3) is 0 Å². The lowest BCUT2D eigenvalue weighted by atomic mass is 10.1. The Morgan fingerprint density at radius 3 is 2.30 bits per heavy atom. The van der Waals surface area contributed by atoms with Gasteiger partial charge in [-0.05, 0) is 38.1 Å². The lowest BCUT2D eigenvalue weighted by Gasteiger charge is -2.09. The number of ketones is 1. The van der Waals surface area contributed by atoms with Gasteiger partial charge >= 0.3 is 0 Å². The second-order valence-corrected chi connectivity index (χ2v) is 4.58. The van der Waals surface area contributed by atoms with E-state index in [2.05, 4.69) is 5.32 Å². The Bertz CT molecular complexity index is 660. The van der Waals surface area contributed by atoms with Crippen molar-refractivity contribution in [3.05, 3.63) is 59.2 Å². The van der Waals surface area contributed by atoms with Crippen molar-refractivity contribution in [1.29, 1.82) is 0 Å². The van der Waals surface area contributed by atoms with Crippen LogP contribution in [0.15, 0.2) is 42.5 Å². The molecule has 0 saturated heterocycles. The normalized spacial score (nSPS) is 10.1. The highest BCUT2D eigenvalue weighted by molar-refractivity contribution is 6.06. The van der Waals surface area contributed by atoms with Crippen molar-refractivity contribution in [3.8, 4) is 5.75 Å². The third-order valence-corrected chi connectivity index (χ3v) is 2.98. The molecule has 0 bridgehead atoms. The summed E-state index contributed by atoms with van der Waals surface area (Å²) in [4.78, 5) is 23.4. The van der Waals surface area contributed by atoms with E-state index in [1.807, 2.05) is 19.1 Å². The van der Waals surface area contributed by atoms with Gasteiger partial charge in [0.1, 0.15) is 5.75 Å². The fraction of sp³-hybridized carbons (Fsp3) is 0.125. The molecule has 0 aromatic heterocycles. The molecule has 2 N–H and O–H groups in total. The van der Waals surface area contributed by atoms with E-state index in [4.69, 9.17) is 0 Å². The van der Waals surface area contributed by atoms with Crippen molar-refractivity contribution in [2.45, 2.75) is 13.8 Å². The summed E-state index contributed by atoms with van der Waals surface area (Å²) in [6.07, 6.45) is 0. The number of anilines is 1. The zero-order chi connectivity index (χ0) is 14.7. The van der Waals surface area contributed by atoms with Crippen LogP contribution in [0.5, 0.6) is 5.75 Å². The smallest absolute Gasteiger partial charge is 0.255 e. The minimum absolute atomic E-state index is 0.187. The first-order valence-electron chi connectivity index (χ1n) is 6.20. The molecule has 0 saturated carbocycles. The summed E-state index contributed by atoms with van der Waals surface area (Å²) in [6.45, 7) is 3.30. The van der Waals surface area contributed by atoms with Crippen molar-refractivity contribution < 1.29 is 14.7 Å². The first-order chi connectivity index (χ1) is 9.49. The first kappa shape index (κ1) is 13.8. The summed E-state index contributed by atoms with van der Waals surface area (Å²) in [5, 5.41) is 12.6. The quantitative estimate of drug-likeness (QED) is 0.664. The van der Waals surface area contributed by atoms with Gasteiger partial charge in [0.25, 0.3) is 5.91 Å². The number of para-hydroxylation sites is 1. The maximum absolute atomic E-state index is 12.1. The second-order valence-electron chi connectivity index (χ2n) is 4.58. The molecule has 4 heteroatoms. The Labute approximate surface area is 117 Å². The molecule has 0 aliphatic carbocycles. The molecule has 0 heterocycles. The zero-order valence-electron chi connectivity index (χ0n) is 11.3. The fourth-order valence-electron chi connectivity index (χ4n) is 1.83. The topological polar surface area (TPSA) is 66.4 Å². The average molecular weight is 269 g/mol. The molecule has 4 nitrogen and oxygen atoms in total. The van der Waals surface area contributed by atoms with Crippen molar-refractivity contribution in [2.24, 2.45) is 0 Å². The number of phenols is 1. The summed E-state index contributed by atoms with van der Waals surface area (Å²) >= 11 is 0. The van der Waals surface area contributed by atoms with Crippen molar-refractivity contribution in [1.82, 2.24) is 0 Å². The molecule has 2 aromatic carbocycles. The third kappa shape index (κ3) is 2.85. The molecule has 0 spiro atoms. The number of benzene rings is 2. The third-order valence-electron chi connectivity index (χ3n) is 2.98. The van der Waals surface area contributed by atoms with Gasteiger partial charge in [0.2, 0.25) is 0 Å². The van der Waals surface area contributed by atoms with Crippen LogP contribution in [0.4, 0.5) is 5.69 Å². The van der Waals surface area contributed by atoms with Crippen molar-refractivity contribution in [2.75, 3.05) is 5.32 Å². The number of Topliss-reactive ketones (excluding diaryl/α,β-unsaturated/α-hetero) is 1. The SMILES string of the molecule is CC(=O)c1cccc(NC(=O)c2ccc(C)cc2)c1O. The molecule has 1 amide bonds. The van der Waals surface area contributed by atoms with E-state index in [0.29, 0.717) is 5.56 Å². The number of rotatable bonds is 3. The molecule has 0 unspecified atom stereocenters. The van der Waals surface area contributed by atoms with Crippen LogP contribution in [0.3, 0.4) is 0 Å². The van der Waals surface area contributed by atoms with E-state index in [9.17, 15) is 14.7 Å². The van der Waals surface area contributed by atoms with Gasteiger partial charge in [-0.2, -0.15) is 0 Å². The molecule has 0 radical (unpaired) electrons. The van der Waals surface area contributed by atoms with Gasteiger partial charge in [0.05, 0.1) is 11.3 Å². The van der Waals surface area contributed by atoms with Crippen molar-refractivity contribution in [3.63, 3.8) is 0 Å². The Morgan fingerprint density at radius 2 is 1.70 bits per heavy atom. The average Bonchev–Trinajstić information content (AvgIpc) is 2.41. The molecule has 0 aliphatic heterocycles. The summed E-state index contributed by atoms with van der Waals surface area (Å²) in [5.74, 6) is -0.796. The van der Waals surface area contributed by atoms with Gasteiger partial charge in [-0.1, -0.05) is 23.8 Å². The van der Waals surface area contributed by atoms with Crippen LogP contribution in [0.1, 0.15) is 33.2 Å². The lowest BCUT2D eigenvalue weighted by Crippen LogP contribution is -2.12. The fourth-order valence-corrected chi connectivity index (χ4v) is 1.83. The number of carbonyl (C=O) groups excluding carboxylic acids is 2. The summed E-state index contributed by atoms with van der Waals surface area (Å²) in [6, 6.07) is 11.8. The van der Waals surface area contributed by atoms with E-state index < -0.39 is 0 Å². The number of hydrogen-bond donors (Lipinski definition) is 2. The number of amides is 1. The van der Waals surface area contributed by atoms with Crippen LogP contribution in [-0.2, 0) is 0 Å². The van der Waals surface area contributed by atoms with Crippen LogP contribution >= 0.6 is 0 Å². The van der Waals surface area contributed by atoms with Gasteiger partial charge in [0, 0.05) is 5.56 Å². The van der Waals surface area contributed by atoms with Gasteiger partial charge < -0.3 is 10.4 Å². The van der Waals surface area contributed by atoms with Crippen LogP contribution in [0, 0.1) is 6.92 Å². The van der Waals surface area contributed by atoms with E-state index in [0.717, 1.165) is 5.56 Å². The Kier molecular flexibility index (Phi) is 3.84. The van der Waals surface area contributed by atoms with Crippen molar-refractivity contribution >= 4 is 17.4 Å². The van der Waals surface area contributed by atoms with Gasteiger partial charge in [-0.3, -0.25) is 9.59 Å². The van der Waals surface area contributed by atoms with Gasteiger partial charge in [0.15, 0.2) is 5.78 Å². The van der Waals surface area contributed by atoms with Crippen LogP contribution in [0.2, 0.25) is 0 Å². The first-order valence-corrected chi connectivity index (χ1v) is 6.20. The van der Waals surface area contributed by atoms with E-state index in [1.165, 1.54) is 13.0 Å². The van der Waals surface area contributed by atoms with E-state index >= 15 is 0 Å². The van der Waals surface area contributed by atoms with Gasteiger partial charge in [-0.25, -0.2) is 0 Å². The highest BCUT2D eigenvalue weighted by Crippen LogP contribution is 2.28. The molecule has 2 aromatic rings. The predicted molar refractivity (Wildman–Crippen MR) is 77.2 cm³/mol. The van der Waals surface area contributed by atoms with Gasteiger partial charge in [-0.15, -0.1) is 0 Å². The Balaban J connectivity index is 2.26. The summed E-state index contributed by atoms with van der Waals surface area (Å²) in [5.41, 5.74) is 1.96. The number of nitrogens with one attached hydrogen (secondary N) is 1. The Hall–Kier alpha value is -2.62. The molecular weight excluding hydrogens is 254 g/mol. The number of phenolic OH excluding ortho intramolecular Hbond substituents is 1. The zero-order valence-corrected chi connectivity index (χ0v) is 11.3. The van der Waals surface area contributed by atoms with E-state index in [1.54, 1.807) is 24.3 Å². The molecule has 0 fully saturated rings. The number of hydrogen-bond acceptors (Lipinski definition) is 3. The molecule has 20 heavy (non-hydrogen) atoms. The standard InChI is InChI=1S/C16H15NO3/c1-10-6-8-12(9-7-10)16(20)17-14-5-3-4-13(11(2)18)15(14)19/h3-9,19H,1-2H3,(H,17,20). The minimum Gasteiger partial charge on any atom is -0.505 e. The lowest BCUT2D eigenvalue weighted by molar-refractivity contribution is 0.100. The molecule has 0 atom stereocenters. The minimum atomic E-state index is -0.332. The highest BCUT2D eigenvalue weighted by Gasteiger charge is 2.13. The highest BCUT2D eigenvalue weighted by atomic mass is 16.3. The number of carbonyl (C=O) groups is 2. The Morgan fingerprint density at radius 1 is 1.05 bits per heavy atom. The predicted octanol–water partition coefficient (Wildman–Crippen LogP) is 3.16. The summed E-state index contributed by atoms with van der Waals surface area (Å²) < 4.78 is 0. The second kappa shape index (κ2) is 5.57. The summed E-state index contributed by atoms with van der Waals surface area (Å²) in [7, 11) is 0. The number of aryl methyl sites for hydroxylation is 1. The van der Waals surface area contributed by atoms with Crippen LogP contribution < -0.4 is 5.32 Å². The largest absolute Gasteiger partial charge is 0.505 e. The van der Waals surface area contributed by atoms with Crippen LogP contribution in [-0.4, -0.2) is 16.8 Å². The molecular formula is C16H15NO3. The maximum atomic E-state index is 12.1. The van der Waals surface area contributed by atoms with E-state index in [-0.39, 0.29) is 28.7 Å². The molecule has 102 valence electrons. The number of aromatic hydroxyl groups is 1.